The molecule has 0 atom stereocenters. The number of hydrogen-bond acceptors (Lipinski definition) is 1. The van der Waals surface area contributed by atoms with Crippen LogP contribution in [0.4, 0.5) is 26.3 Å². The maximum atomic E-state index is 14.1. The second-order valence-corrected chi connectivity index (χ2v) is 14.4. The van der Waals surface area contributed by atoms with E-state index in [-0.39, 0.29) is 0 Å². The minimum Gasteiger partial charge on any atom is -0.448 e. The molecule has 25 heavy (non-hydrogen) atoms. The maximum Gasteiger partial charge on any atom is 0.212 e. The summed E-state index contributed by atoms with van der Waals surface area (Å²) in [6.07, 6.45) is 0. The molecular weight excluding hydrogens is 378 g/mol. The van der Waals surface area contributed by atoms with Crippen LogP contribution in [0.1, 0.15) is 0 Å². The first-order valence-electron chi connectivity index (χ1n) is 7.36. The van der Waals surface area contributed by atoms with Crippen LogP contribution in [0.2, 0.25) is 26.2 Å². The Balaban J connectivity index is 2.54. The fourth-order valence-electron chi connectivity index (χ4n) is 2.90. The molecule has 0 aliphatic carbocycles. The van der Waals surface area contributed by atoms with Crippen molar-refractivity contribution in [2.24, 2.45) is 0 Å². The second kappa shape index (κ2) is 6.62. The largest absolute Gasteiger partial charge is 0.448 e. The summed E-state index contributed by atoms with van der Waals surface area (Å²) in [6, 6.07) is 2.83. The van der Waals surface area contributed by atoms with Crippen LogP contribution in [-0.2, 0) is 4.12 Å². The van der Waals surface area contributed by atoms with Gasteiger partial charge >= 0.3 is 0 Å². The first kappa shape index (κ1) is 19.7. The molecule has 0 unspecified atom stereocenters. The van der Waals surface area contributed by atoms with E-state index in [2.05, 4.69) is 0 Å². The molecule has 0 N–H and O–H groups in total. The van der Waals surface area contributed by atoms with Crippen LogP contribution in [0, 0.1) is 34.9 Å². The monoisotopic (exact) mass is 394 g/mol. The minimum atomic E-state index is -3.47. The van der Waals surface area contributed by atoms with Crippen molar-refractivity contribution in [1.82, 2.24) is 0 Å². The smallest absolute Gasteiger partial charge is 0.212 e. The van der Waals surface area contributed by atoms with Crippen LogP contribution < -0.4 is 10.4 Å². The molecule has 0 aromatic heterocycles. The van der Waals surface area contributed by atoms with Crippen LogP contribution in [0.5, 0.6) is 0 Å². The molecule has 0 heterocycles. The van der Waals surface area contributed by atoms with Crippen LogP contribution in [0.3, 0.4) is 0 Å². The third-order valence-corrected chi connectivity index (χ3v) is 11.2. The molecule has 0 aliphatic heterocycles. The van der Waals surface area contributed by atoms with E-state index in [1.165, 1.54) is 26.2 Å². The topological polar surface area (TPSA) is 9.23 Å². The molecule has 0 bridgehead atoms. The molecule has 2 aromatic rings. The van der Waals surface area contributed by atoms with E-state index >= 15 is 0 Å². The molecule has 2 rings (SSSR count). The van der Waals surface area contributed by atoms with E-state index in [0.717, 1.165) is 12.1 Å². The van der Waals surface area contributed by atoms with Crippen molar-refractivity contribution in [3.05, 3.63) is 59.2 Å². The zero-order chi connectivity index (χ0) is 19.2. The van der Waals surface area contributed by atoms with E-state index in [9.17, 15) is 26.3 Å². The lowest BCUT2D eigenvalue weighted by atomic mass is 10.3. The van der Waals surface area contributed by atoms with E-state index in [1.54, 1.807) is 0 Å². The zero-order valence-electron chi connectivity index (χ0n) is 14.0. The number of rotatable bonds is 4. The number of halogens is 6. The summed E-state index contributed by atoms with van der Waals surface area (Å²) < 4.78 is 89.2. The molecule has 0 fully saturated rings. The molecule has 0 aliphatic rings. The van der Waals surface area contributed by atoms with E-state index in [0.29, 0.717) is 12.1 Å². The van der Waals surface area contributed by atoms with Gasteiger partial charge in [-0.1, -0.05) is 0 Å². The Bertz CT molecular complexity index is 755. The van der Waals surface area contributed by atoms with Crippen LogP contribution in [0.25, 0.3) is 0 Å². The fraction of sp³-hybridized carbons (Fsp3) is 0.250. The van der Waals surface area contributed by atoms with Gasteiger partial charge in [0.1, 0.15) is 11.6 Å². The highest BCUT2D eigenvalue weighted by molar-refractivity contribution is 6.97. The van der Waals surface area contributed by atoms with Crippen molar-refractivity contribution in [2.75, 3.05) is 0 Å². The van der Waals surface area contributed by atoms with Crippen LogP contribution in [0.15, 0.2) is 24.3 Å². The lowest BCUT2D eigenvalue weighted by Gasteiger charge is -2.35. The molecule has 0 amide bonds. The average molecular weight is 394 g/mol. The molecule has 2 aromatic carbocycles. The first-order valence-corrected chi connectivity index (χ1v) is 13.2. The Labute approximate surface area is 143 Å². The van der Waals surface area contributed by atoms with Gasteiger partial charge in [0.15, 0.2) is 23.3 Å². The van der Waals surface area contributed by atoms with Crippen molar-refractivity contribution >= 4 is 27.0 Å². The van der Waals surface area contributed by atoms with Crippen molar-refractivity contribution in [3.8, 4) is 0 Å². The van der Waals surface area contributed by atoms with E-state index in [4.69, 9.17) is 4.12 Å². The highest BCUT2D eigenvalue weighted by Gasteiger charge is 2.43. The summed E-state index contributed by atoms with van der Waals surface area (Å²) in [6.45, 7) is 5.55. The SMILES string of the molecule is C[Si](C)(O[Si](C)(C)c1c(F)ccc(F)c1F)c1c(F)ccc(F)c1F. The zero-order valence-corrected chi connectivity index (χ0v) is 16.0. The molecule has 1 nitrogen and oxygen atoms in total. The van der Waals surface area contributed by atoms with Crippen LogP contribution >= 0.6 is 0 Å². The van der Waals surface area contributed by atoms with Crippen molar-refractivity contribution in [1.29, 1.82) is 0 Å². The highest BCUT2D eigenvalue weighted by atomic mass is 28.4. The predicted octanol–water partition coefficient (Wildman–Crippen LogP) is 4.06. The lowest BCUT2D eigenvalue weighted by Crippen LogP contribution is -2.60. The van der Waals surface area contributed by atoms with E-state index < -0.39 is 61.9 Å². The normalized spacial score (nSPS) is 12.6. The third kappa shape index (κ3) is 3.68. The molecule has 0 radical (unpaired) electrons. The molecule has 9 heteroatoms. The highest BCUT2D eigenvalue weighted by Crippen LogP contribution is 2.21. The van der Waals surface area contributed by atoms with E-state index in [1.807, 2.05) is 0 Å². The standard InChI is InChI=1S/C16H16F6OSi2/c1-24(2,15-11(19)7-5-9(17)13(15)21)23-25(3,4)16-12(20)8-6-10(18)14(16)22/h5-8H,1-4H3. The summed E-state index contributed by atoms with van der Waals surface area (Å²) in [7, 11) is -6.93. The Morgan fingerprint density at radius 2 is 0.840 bits per heavy atom. The predicted molar refractivity (Wildman–Crippen MR) is 87.9 cm³/mol. The molecule has 136 valence electrons. The van der Waals surface area contributed by atoms with Gasteiger partial charge in [-0.05, 0) is 50.5 Å². The lowest BCUT2D eigenvalue weighted by molar-refractivity contribution is 0.488. The van der Waals surface area contributed by atoms with Gasteiger partial charge in [-0.15, -0.1) is 0 Å². The molecule has 0 saturated carbocycles. The summed E-state index contributed by atoms with van der Waals surface area (Å²) in [5.74, 6) is -7.27. The van der Waals surface area contributed by atoms with Gasteiger partial charge in [0, 0.05) is 10.4 Å². The Kier molecular flexibility index (Phi) is 5.22. The van der Waals surface area contributed by atoms with Crippen molar-refractivity contribution in [3.63, 3.8) is 0 Å². The number of benzene rings is 2. The van der Waals surface area contributed by atoms with Gasteiger partial charge in [-0.2, -0.15) is 0 Å². The van der Waals surface area contributed by atoms with Gasteiger partial charge in [-0.3, -0.25) is 0 Å². The summed E-state index contributed by atoms with van der Waals surface area (Å²) >= 11 is 0. The van der Waals surface area contributed by atoms with Crippen LogP contribution in [-0.4, -0.2) is 16.6 Å². The van der Waals surface area contributed by atoms with Gasteiger partial charge in [0.2, 0.25) is 16.6 Å². The van der Waals surface area contributed by atoms with Gasteiger partial charge in [0.25, 0.3) is 0 Å². The molecular formula is C16H16F6OSi2. The Morgan fingerprint density at radius 1 is 0.560 bits per heavy atom. The fourth-order valence-corrected chi connectivity index (χ4v) is 11.4. The van der Waals surface area contributed by atoms with Crippen molar-refractivity contribution < 1.29 is 30.5 Å². The number of hydrogen-bond donors (Lipinski definition) is 0. The first-order chi connectivity index (χ1) is 11.4. The Hall–Kier alpha value is -1.59. The van der Waals surface area contributed by atoms with Gasteiger partial charge in [-0.25, -0.2) is 26.3 Å². The third-order valence-electron chi connectivity index (χ3n) is 3.80. The van der Waals surface area contributed by atoms with Gasteiger partial charge in [0.05, 0.1) is 0 Å². The van der Waals surface area contributed by atoms with Gasteiger partial charge < -0.3 is 4.12 Å². The summed E-state index contributed by atoms with van der Waals surface area (Å²) in [4.78, 5) is 0. The Morgan fingerprint density at radius 3 is 1.16 bits per heavy atom. The summed E-state index contributed by atoms with van der Waals surface area (Å²) in [5, 5.41) is -1.13. The molecule has 0 spiro atoms. The second-order valence-electron chi connectivity index (χ2n) is 6.56. The van der Waals surface area contributed by atoms with Crippen molar-refractivity contribution in [2.45, 2.75) is 26.2 Å². The minimum absolute atomic E-state index is 0.565. The maximum absolute atomic E-state index is 14.1. The summed E-state index contributed by atoms with van der Waals surface area (Å²) in [5.41, 5.74) is 0. The average Bonchev–Trinajstić information content (AvgIpc) is 2.46. The quantitative estimate of drug-likeness (QED) is 0.432. The molecule has 0 saturated heterocycles.